The largest absolute Gasteiger partial charge is 0.466 e. The Labute approximate surface area is 80.1 Å². The van der Waals surface area contributed by atoms with Gasteiger partial charge in [-0.05, 0) is 37.4 Å². The van der Waals surface area contributed by atoms with E-state index in [1.165, 1.54) is 5.56 Å². The first-order valence-corrected chi connectivity index (χ1v) is 4.70. The normalized spacial score (nSPS) is 12.1. The fraction of sp³-hybridized carbons (Fsp3) is 0.636. The third-order valence-electron chi connectivity index (χ3n) is 2.42. The highest BCUT2D eigenvalue weighted by atomic mass is 16.3. The van der Waals surface area contributed by atoms with Gasteiger partial charge in [0.05, 0.1) is 0 Å². The van der Waals surface area contributed by atoms with Crippen molar-refractivity contribution in [2.24, 2.45) is 11.1 Å². The van der Waals surface area contributed by atoms with Crippen LogP contribution < -0.4 is 5.73 Å². The summed E-state index contributed by atoms with van der Waals surface area (Å²) in [5, 5.41) is 0. The summed E-state index contributed by atoms with van der Waals surface area (Å²) >= 11 is 0. The predicted octanol–water partition coefficient (Wildman–Crippen LogP) is 2.42. The molecular formula is C11H19NO. The number of rotatable bonds is 3. The number of hydrogen-bond acceptors (Lipinski definition) is 2. The van der Waals surface area contributed by atoms with Crippen LogP contribution in [-0.4, -0.2) is 6.54 Å². The van der Waals surface area contributed by atoms with Crippen molar-refractivity contribution < 1.29 is 4.42 Å². The molecule has 1 aromatic heterocycles. The lowest BCUT2D eigenvalue weighted by Gasteiger charge is -2.20. The molecule has 2 nitrogen and oxygen atoms in total. The lowest BCUT2D eigenvalue weighted by Crippen LogP contribution is -2.25. The van der Waals surface area contributed by atoms with Gasteiger partial charge in [0.1, 0.15) is 11.5 Å². The van der Waals surface area contributed by atoms with Crippen LogP contribution in [0.3, 0.4) is 0 Å². The molecule has 0 amide bonds. The third kappa shape index (κ3) is 2.59. The lowest BCUT2D eigenvalue weighted by molar-refractivity contribution is 0.335. The second-order valence-electron chi connectivity index (χ2n) is 4.50. The summed E-state index contributed by atoms with van der Waals surface area (Å²) in [6, 6.07) is 2.10. The maximum absolute atomic E-state index is 5.66. The predicted molar refractivity (Wildman–Crippen MR) is 54.7 cm³/mol. The van der Waals surface area contributed by atoms with Crippen LogP contribution in [0.1, 0.15) is 30.9 Å². The van der Waals surface area contributed by atoms with E-state index in [1.807, 2.05) is 6.92 Å². The molecule has 1 heterocycles. The zero-order chi connectivity index (χ0) is 10.1. The molecule has 0 aliphatic carbocycles. The van der Waals surface area contributed by atoms with Crippen molar-refractivity contribution in [1.29, 1.82) is 0 Å². The van der Waals surface area contributed by atoms with E-state index < -0.39 is 0 Å². The number of furan rings is 1. The van der Waals surface area contributed by atoms with E-state index in [4.69, 9.17) is 10.2 Å². The van der Waals surface area contributed by atoms with Crippen LogP contribution >= 0.6 is 0 Å². The Kier molecular flexibility index (Phi) is 2.81. The summed E-state index contributed by atoms with van der Waals surface area (Å²) in [7, 11) is 0. The first-order valence-electron chi connectivity index (χ1n) is 4.70. The zero-order valence-corrected chi connectivity index (χ0v) is 8.98. The SMILES string of the molecule is Cc1cc(CC(C)(C)CN)oc1C. The molecule has 0 saturated carbocycles. The van der Waals surface area contributed by atoms with Crippen molar-refractivity contribution >= 4 is 0 Å². The Morgan fingerprint density at radius 2 is 2.00 bits per heavy atom. The van der Waals surface area contributed by atoms with E-state index in [0.29, 0.717) is 6.54 Å². The van der Waals surface area contributed by atoms with Gasteiger partial charge in [0.2, 0.25) is 0 Å². The minimum atomic E-state index is 0.136. The molecule has 0 atom stereocenters. The molecule has 2 heteroatoms. The quantitative estimate of drug-likeness (QED) is 0.777. The van der Waals surface area contributed by atoms with Crippen LogP contribution in [-0.2, 0) is 6.42 Å². The van der Waals surface area contributed by atoms with Crippen molar-refractivity contribution in [3.05, 3.63) is 23.2 Å². The van der Waals surface area contributed by atoms with E-state index in [2.05, 4.69) is 26.8 Å². The lowest BCUT2D eigenvalue weighted by atomic mass is 9.88. The Bertz CT molecular complexity index is 267. The Morgan fingerprint density at radius 1 is 1.38 bits per heavy atom. The standard InChI is InChI=1S/C11H19NO/c1-8-5-10(13-9(8)2)6-11(3,4)7-12/h5H,6-7,12H2,1-4H3. The Hall–Kier alpha value is -0.760. The van der Waals surface area contributed by atoms with Crippen LogP contribution in [0, 0.1) is 19.3 Å². The fourth-order valence-corrected chi connectivity index (χ4v) is 1.28. The van der Waals surface area contributed by atoms with Gasteiger partial charge >= 0.3 is 0 Å². The monoisotopic (exact) mass is 181 g/mol. The van der Waals surface area contributed by atoms with E-state index in [1.54, 1.807) is 0 Å². The Balaban J connectivity index is 2.75. The van der Waals surface area contributed by atoms with Crippen molar-refractivity contribution in [3.63, 3.8) is 0 Å². The van der Waals surface area contributed by atoms with Gasteiger partial charge in [-0.25, -0.2) is 0 Å². The van der Waals surface area contributed by atoms with Gasteiger partial charge < -0.3 is 10.2 Å². The molecule has 0 unspecified atom stereocenters. The van der Waals surface area contributed by atoms with Gasteiger partial charge in [-0.3, -0.25) is 0 Å². The van der Waals surface area contributed by atoms with Crippen molar-refractivity contribution in [2.75, 3.05) is 6.54 Å². The summed E-state index contributed by atoms with van der Waals surface area (Å²) < 4.78 is 5.60. The fourth-order valence-electron chi connectivity index (χ4n) is 1.28. The summed E-state index contributed by atoms with van der Waals surface area (Å²) in [6.07, 6.45) is 0.915. The molecule has 74 valence electrons. The number of nitrogens with two attached hydrogens (primary N) is 1. The molecule has 0 radical (unpaired) electrons. The summed E-state index contributed by atoms with van der Waals surface area (Å²) in [6.45, 7) is 9.05. The molecule has 0 fully saturated rings. The second-order valence-corrected chi connectivity index (χ2v) is 4.50. The van der Waals surface area contributed by atoms with Crippen molar-refractivity contribution in [2.45, 2.75) is 34.1 Å². The van der Waals surface area contributed by atoms with E-state index in [9.17, 15) is 0 Å². The highest BCUT2D eigenvalue weighted by Gasteiger charge is 2.18. The summed E-state index contributed by atoms with van der Waals surface area (Å²) in [5.41, 5.74) is 7.02. The molecule has 1 rings (SSSR count). The summed E-state index contributed by atoms with van der Waals surface area (Å²) in [5.74, 6) is 2.06. The molecule has 0 aromatic carbocycles. The maximum atomic E-state index is 5.66. The number of aryl methyl sites for hydroxylation is 2. The second kappa shape index (κ2) is 3.54. The van der Waals surface area contributed by atoms with E-state index >= 15 is 0 Å². The van der Waals surface area contributed by atoms with Crippen LogP contribution in [0.5, 0.6) is 0 Å². The summed E-state index contributed by atoms with van der Waals surface area (Å²) in [4.78, 5) is 0. The average molecular weight is 181 g/mol. The van der Waals surface area contributed by atoms with Gasteiger partial charge in [-0.2, -0.15) is 0 Å². The number of hydrogen-bond donors (Lipinski definition) is 1. The molecule has 2 N–H and O–H groups in total. The third-order valence-corrected chi connectivity index (χ3v) is 2.42. The van der Waals surface area contributed by atoms with Crippen LogP contribution in [0.2, 0.25) is 0 Å². The van der Waals surface area contributed by atoms with Crippen molar-refractivity contribution in [3.8, 4) is 0 Å². The molecule has 0 aliphatic rings. The maximum Gasteiger partial charge on any atom is 0.105 e. The molecule has 0 aliphatic heterocycles. The zero-order valence-electron chi connectivity index (χ0n) is 8.98. The van der Waals surface area contributed by atoms with Crippen LogP contribution in [0.25, 0.3) is 0 Å². The first kappa shape index (κ1) is 10.3. The molecule has 13 heavy (non-hydrogen) atoms. The average Bonchev–Trinajstić information content (AvgIpc) is 2.30. The molecule has 0 spiro atoms. The molecule has 0 saturated heterocycles. The first-order chi connectivity index (χ1) is 5.94. The molecule has 0 bridgehead atoms. The van der Waals surface area contributed by atoms with Gasteiger partial charge in [0, 0.05) is 6.42 Å². The van der Waals surface area contributed by atoms with Crippen LogP contribution in [0.15, 0.2) is 10.5 Å². The molecule has 1 aromatic rings. The smallest absolute Gasteiger partial charge is 0.105 e. The molecular weight excluding hydrogens is 162 g/mol. The Morgan fingerprint density at radius 3 is 2.38 bits per heavy atom. The van der Waals surface area contributed by atoms with Crippen molar-refractivity contribution in [1.82, 2.24) is 0 Å². The highest BCUT2D eigenvalue weighted by Crippen LogP contribution is 2.23. The van der Waals surface area contributed by atoms with Crippen LogP contribution in [0.4, 0.5) is 0 Å². The van der Waals surface area contributed by atoms with E-state index in [0.717, 1.165) is 17.9 Å². The van der Waals surface area contributed by atoms with Gasteiger partial charge in [-0.1, -0.05) is 13.8 Å². The van der Waals surface area contributed by atoms with Gasteiger partial charge in [-0.15, -0.1) is 0 Å². The van der Waals surface area contributed by atoms with E-state index in [-0.39, 0.29) is 5.41 Å². The minimum absolute atomic E-state index is 0.136. The minimum Gasteiger partial charge on any atom is -0.466 e. The van der Waals surface area contributed by atoms with Gasteiger partial charge in [0.15, 0.2) is 0 Å². The topological polar surface area (TPSA) is 39.2 Å². The highest BCUT2D eigenvalue weighted by molar-refractivity contribution is 5.19. The van der Waals surface area contributed by atoms with Gasteiger partial charge in [0.25, 0.3) is 0 Å².